The highest BCUT2D eigenvalue weighted by Crippen LogP contribution is 2.29. The fraction of sp³-hybridized carbons (Fsp3) is 0.100. The summed E-state index contributed by atoms with van der Waals surface area (Å²) in [6.07, 6.45) is 5.00. The Kier molecular flexibility index (Phi) is 3.80. The number of sulfonamides is 1. The number of phenols is 1. The van der Waals surface area contributed by atoms with E-state index in [1.165, 1.54) is 0 Å². The third-order valence-electron chi connectivity index (χ3n) is 2.02. The van der Waals surface area contributed by atoms with Crippen molar-refractivity contribution in [1.29, 1.82) is 0 Å². The molecule has 7 nitrogen and oxygen atoms in total. The maximum absolute atomic E-state index is 11.1. The zero-order valence-electron chi connectivity index (χ0n) is 9.04. The quantitative estimate of drug-likeness (QED) is 0.560. The van der Waals surface area contributed by atoms with Gasteiger partial charge in [0.2, 0.25) is 10.0 Å². The van der Waals surface area contributed by atoms with E-state index in [1.807, 2.05) is 0 Å². The van der Waals surface area contributed by atoms with Gasteiger partial charge in [-0.1, -0.05) is 5.92 Å². The monoisotopic (exact) mass is 270 g/mol. The van der Waals surface area contributed by atoms with Crippen LogP contribution >= 0.6 is 0 Å². The lowest BCUT2D eigenvalue weighted by molar-refractivity contribution is 0.0697. The van der Waals surface area contributed by atoms with Crippen LogP contribution in [0.1, 0.15) is 10.4 Å². The van der Waals surface area contributed by atoms with Crippen LogP contribution in [0.5, 0.6) is 5.75 Å². The highest BCUT2D eigenvalue weighted by Gasteiger charge is 2.20. The fourth-order valence-corrected chi connectivity index (χ4v) is 1.90. The number of hydrogen-bond donors (Lipinski definition) is 4. The first-order chi connectivity index (χ1) is 8.27. The first-order valence-corrected chi connectivity index (χ1v) is 6.12. The molecule has 0 atom stereocenters. The van der Waals surface area contributed by atoms with Gasteiger partial charge in [-0.15, -0.1) is 6.42 Å². The van der Waals surface area contributed by atoms with Gasteiger partial charge in [-0.05, 0) is 6.07 Å². The lowest BCUT2D eigenvalue weighted by Crippen LogP contribution is -2.15. The minimum absolute atomic E-state index is 0.00495. The molecule has 1 aromatic rings. The molecule has 0 aliphatic carbocycles. The summed E-state index contributed by atoms with van der Waals surface area (Å²) in [6.45, 7) is 0.0223. The second kappa shape index (κ2) is 4.95. The van der Waals surface area contributed by atoms with Crippen molar-refractivity contribution in [3.05, 3.63) is 17.7 Å². The normalized spacial score (nSPS) is 10.7. The SMILES string of the molecule is C#CCNc1cc(O)c(S(N)(=O)=O)cc1C(=O)O. The van der Waals surface area contributed by atoms with Crippen LogP contribution in [0.15, 0.2) is 17.0 Å². The van der Waals surface area contributed by atoms with E-state index >= 15 is 0 Å². The van der Waals surface area contributed by atoms with Gasteiger partial charge in [0.05, 0.1) is 17.8 Å². The Bertz CT molecular complexity index is 630. The molecule has 1 rings (SSSR count). The number of carbonyl (C=O) groups is 1. The predicted octanol–water partition coefficient (Wildman–Crippen LogP) is -0.217. The minimum Gasteiger partial charge on any atom is -0.506 e. The summed E-state index contributed by atoms with van der Waals surface area (Å²) in [5.74, 6) is 0.192. The molecule has 0 radical (unpaired) electrons. The number of nitrogens with two attached hydrogens (primary N) is 1. The molecule has 0 aromatic heterocycles. The van der Waals surface area contributed by atoms with Crippen LogP contribution in [0, 0.1) is 12.3 Å². The molecular formula is C10H10N2O5S. The molecule has 0 heterocycles. The number of carboxylic acids is 1. The summed E-state index contributed by atoms with van der Waals surface area (Å²) in [7, 11) is -4.21. The largest absolute Gasteiger partial charge is 0.506 e. The molecule has 0 bridgehead atoms. The number of primary sulfonamides is 1. The molecule has 0 aliphatic heterocycles. The van der Waals surface area contributed by atoms with Crippen molar-refractivity contribution in [2.75, 3.05) is 11.9 Å². The van der Waals surface area contributed by atoms with Gasteiger partial charge < -0.3 is 15.5 Å². The highest BCUT2D eigenvalue weighted by molar-refractivity contribution is 7.89. The van der Waals surface area contributed by atoms with E-state index in [9.17, 15) is 18.3 Å². The molecule has 18 heavy (non-hydrogen) atoms. The second-order valence-electron chi connectivity index (χ2n) is 3.27. The van der Waals surface area contributed by atoms with Crippen molar-refractivity contribution in [2.45, 2.75) is 4.90 Å². The van der Waals surface area contributed by atoms with E-state index in [-0.39, 0.29) is 17.8 Å². The molecule has 0 unspecified atom stereocenters. The first-order valence-electron chi connectivity index (χ1n) is 4.57. The van der Waals surface area contributed by atoms with Crippen LogP contribution in [0.2, 0.25) is 0 Å². The summed E-state index contributed by atoms with van der Waals surface area (Å²) in [5, 5.41) is 25.8. The third kappa shape index (κ3) is 2.91. The highest BCUT2D eigenvalue weighted by atomic mass is 32.2. The van der Waals surface area contributed by atoms with E-state index in [0.717, 1.165) is 12.1 Å². The number of hydrogen-bond acceptors (Lipinski definition) is 5. The summed E-state index contributed by atoms with van der Waals surface area (Å²) in [5.41, 5.74) is -0.350. The number of carboxylic acid groups (broad SMARTS) is 1. The Balaban J connectivity index is 3.45. The smallest absolute Gasteiger partial charge is 0.337 e. The summed E-state index contributed by atoms with van der Waals surface area (Å²) in [6, 6.07) is 1.71. The molecule has 0 saturated heterocycles. The minimum atomic E-state index is -4.21. The molecule has 1 aromatic carbocycles. The number of benzene rings is 1. The number of terminal acetylenes is 1. The van der Waals surface area contributed by atoms with Crippen LogP contribution in [0.4, 0.5) is 5.69 Å². The number of rotatable bonds is 4. The van der Waals surface area contributed by atoms with E-state index in [4.69, 9.17) is 16.7 Å². The van der Waals surface area contributed by atoms with Crippen LogP contribution in [0.25, 0.3) is 0 Å². The predicted molar refractivity (Wildman–Crippen MR) is 63.8 cm³/mol. The second-order valence-corrected chi connectivity index (χ2v) is 4.80. The molecule has 0 fully saturated rings. The number of phenolic OH excluding ortho intramolecular Hbond substituents is 1. The average Bonchev–Trinajstić information content (AvgIpc) is 2.23. The van der Waals surface area contributed by atoms with E-state index in [1.54, 1.807) is 0 Å². The lowest BCUT2D eigenvalue weighted by atomic mass is 10.1. The van der Waals surface area contributed by atoms with Crippen molar-refractivity contribution >= 4 is 21.7 Å². The molecule has 8 heteroatoms. The van der Waals surface area contributed by atoms with E-state index in [2.05, 4.69) is 11.2 Å². The van der Waals surface area contributed by atoms with Crippen LogP contribution in [0.3, 0.4) is 0 Å². The zero-order chi connectivity index (χ0) is 13.9. The number of aromatic hydroxyl groups is 1. The third-order valence-corrected chi connectivity index (χ3v) is 2.96. The first kappa shape index (κ1) is 13.8. The van der Waals surface area contributed by atoms with Crippen molar-refractivity contribution in [3.8, 4) is 18.1 Å². The topological polar surface area (TPSA) is 130 Å². The fourth-order valence-electron chi connectivity index (χ4n) is 1.27. The molecule has 5 N–H and O–H groups in total. The van der Waals surface area contributed by atoms with Gasteiger partial charge in [-0.25, -0.2) is 18.4 Å². The Labute approximate surface area is 103 Å². The maximum Gasteiger partial charge on any atom is 0.337 e. The Morgan fingerprint density at radius 1 is 1.50 bits per heavy atom. The Hall–Kier alpha value is -2.24. The van der Waals surface area contributed by atoms with Gasteiger partial charge in [0, 0.05) is 6.07 Å². The molecule has 0 spiro atoms. The Morgan fingerprint density at radius 2 is 2.11 bits per heavy atom. The number of aromatic carboxylic acids is 1. The molecule has 0 saturated carbocycles. The van der Waals surface area contributed by atoms with E-state index < -0.39 is 26.6 Å². The van der Waals surface area contributed by atoms with Crippen LogP contribution in [-0.4, -0.2) is 31.1 Å². The van der Waals surface area contributed by atoms with Crippen molar-refractivity contribution in [3.63, 3.8) is 0 Å². The molecule has 96 valence electrons. The lowest BCUT2D eigenvalue weighted by Gasteiger charge is -2.10. The summed E-state index contributed by atoms with van der Waals surface area (Å²) in [4.78, 5) is 10.3. The van der Waals surface area contributed by atoms with Gasteiger partial charge >= 0.3 is 5.97 Å². The maximum atomic E-state index is 11.1. The Morgan fingerprint density at radius 3 is 2.56 bits per heavy atom. The number of anilines is 1. The average molecular weight is 270 g/mol. The van der Waals surface area contributed by atoms with Crippen LogP contribution in [-0.2, 0) is 10.0 Å². The zero-order valence-corrected chi connectivity index (χ0v) is 9.86. The van der Waals surface area contributed by atoms with Gasteiger partial charge in [0.15, 0.2) is 0 Å². The van der Waals surface area contributed by atoms with Gasteiger partial charge in [-0.3, -0.25) is 0 Å². The number of nitrogens with one attached hydrogen (secondary N) is 1. The standard InChI is InChI=1S/C10H10N2O5S/c1-2-3-12-7-5-8(13)9(18(11,16)17)4-6(7)10(14)15/h1,4-5,12-13H,3H2,(H,14,15)(H2,11,16,17). The van der Waals surface area contributed by atoms with Crippen molar-refractivity contribution in [1.82, 2.24) is 0 Å². The molecule has 0 aliphatic rings. The molecular weight excluding hydrogens is 260 g/mol. The molecule has 0 amide bonds. The van der Waals surface area contributed by atoms with E-state index in [0.29, 0.717) is 0 Å². The van der Waals surface area contributed by atoms with Gasteiger partial charge in [0.25, 0.3) is 0 Å². The summed E-state index contributed by atoms with van der Waals surface area (Å²) >= 11 is 0. The van der Waals surface area contributed by atoms with Gasteiger partial charge in [-0.2, -0.15) is 0 Å². The summed E-state index contributed by atoms with van der Waals surface area (Å²) < 4.78 is 22.3. The van der Waals surface area contributed by atoms with Crippen LogP contribution < -0.4 is 10.5 Å². The van der Waals surface area contributed by atoms with Crippen molar-refractivity contribution in [2.24, 2.45) is 5.14 Å². The van der Waals surface area contributed by atoms with Gasteiger partial charge in [0.1, 0.15) is 10.6 Å². The van der Waals surface area contributed by atoms with Crippen molar-refractivity contribution < 1.29 is 23.4 Å².